The molecular formula is C20H31N3O2. The number of hydrogen-bond donors (Lipinski definition) is 1. The van der Waals surface area contributed by atoms with Gasteiger partial charge < -0.3 is 15.1 Å². The molecule has 0 spiro atoms. The Morgan fingerprint density at radius 1 is 1.28 bits per heavy atom. The third-order valence-corrected chi connectivity index (χ3v) is 4.61. The highest BCUT2D eigenvalue weighted by Crippen LogP contribution is 2.23. The summed E-state index contributed by atoms with van der Waals surface area (Å²) in [7, 11) is 4.00. The van der Waals surface area contributed by atoms with Crippen molar-refractivity contribution in [3.63, 3.8) is 0 Å². The van der Waals surface area contributed by atoms with Gasteiger partial charge in [-0.25, -0.2) is 0 Å². The van der Waals surface area contributed by atoms with Crippen molar-refractivity contribution in [2.24, 2.45) is 11.3 Å². The van der Waals surface area contributed by atoms with Crippen molar-refractivity contribution in [2.75, 3.05) is 32.1 Å². The fourth-order valence-corrected chi connectivity index (χ4v) is 3.13. The van der Waals surface area contributed by atoms with Crippen LogP contribution in [0.5, 0.6) is 0 Å². The topological polar surface area (TPSA) is 52.7 Å². The third kappa shape index (κ3) is 5.21. The first kappa shape index (κ1) is 19.3. The lowest BCUT2D eigenvalue weighted by molar-refractivity contribution is -0.142. The van der Waals surface area contributed by atoms with Gasteiger partial charge in [0.05, 0.1) is 5.92 Å². The zero-order valence-corrected chi connectivity index (χ0v) is 16.1. The van der Waals surface area contributed by atoms with E-state index in [9.17, 15) is 9.59 Å². The Balaban J connectivity index is 1.92. The number of likely N-dealkylation sites (tertiary alicyclic amines) is 1. The maximum Gasteiger partial charge on any atom is 0.227 e. The largest absolute Gasteiger partial charge is 0.378 e. The van der Waals surface area contributed by atoms with Crippen LogP contribution in [0, 0.1) is 11.3 Å². The molecule has 1 atom stereocenters. The third-order valence-electron chi connectivity index (χ3n) is 4.61. The summed E-state index contributed by atoms with van der Waals surface area (Å²) in [6.07, 6.45) is 1.73. The molecule has 1 saturated heterocycles. The number of carbonyl (C=O) groups excluding carboxylic acids is 2. The van der Waals surface area contributed by atoms with Gasteiger partial charge in [0.2, 0.25) is 11.8 Å². The molecule has 138 valence electrons. The normalized spacial score (nSPS) is 18.0. The minimum atomic E-state index is -0.398. The summed E-state index contributed by atoms with van der Waals surface area (Å²) in [4.78, 5) is 28.9. The van der Waals surface area contributed by atoms with Crippen molar-refractivity contribution < 1.29 is 9.59 Å². The number of nitrogens with one attached hydrogen (secondary N) is 1. The van der Waals surface area contributed by atoms with Crippen LogP contribution in [-0.2, 0) is 16.1 Å². The molecule has 5 nitrogen and oxygen atoms in total. The number of carbonyl (C=O) groups is 2. The molecule has 0 aliphatic carbocycles. The molecule has 1 heterocycles. The lowest BCUT2D eigenvalue weighted by Crippen LogP contribution is -2.48. The number of piperidine rings is 1. The monoisotopic (exact) mass is 345 g/mol. The van der Waals surface area contributed by atoms with E-state index in [1.54, 1.807) is 0 Å². The van der Waals surface area contributed by atoms with Crippen LogP contribution >= 0.6 is 0 Å². The summed E-state index contributed by atoms with van der Waals surface area (Å²) in [5.74, 6) is 0.0578. The van der Waals surface area contributed by atoms with Crippen LogP contribution in [0.1, 0.15) is 39.2 Å². The summed E-state index contributed by atoms with van der Waals surface area (Å²) in [6.45, 7) is 7.58. The number of hydrogen-bond acceptors (Lipinski definition) is 3. The minimum Gasteiger partial charge on any atom is -0.378 e. The maximum absolute atomic E-state index is 12.5. The fraction of sp³-hybridized carbons (Fsp3) is 0.600. The zero-order chi connectivity index (χ0) is 18.6. The van der Waals surface area contributed by atoms with Crippen molar-refractivity contribution in [1.29, 1.82) is 0 Å². The average molecular weight is 345 g/mol. The molecule has 5 heteroatoms. The van der Waals surface area contributed by atoms with E-state index in [4.69, 9.17) is 0 Å². The van der Waals surface area contributed by atoms with Gasteiger partial charge >= 0.3 is 0 Å². The quantitative estimate of drug-likeness (QED) is 0.913. The van der Waals surface area contributed by atoms with Crippen LogP contribution < -0.4 is 10.2 Å². The van der Waals surface area contributed by atoms with Gasteiger partial charge in [-0.15, -0.1) is 0 Å². The molecule has 1 aromatic carbocycles. The molecule has 25 heavy (non-hydrogen) atoms. The van der Waals surface area contributed by atoms with Crippen LogP contribution in [0.25, 0.3) is 0 Å². The Labute approximate surface area is 151 Å². The molecule has 1 aromatic rings. The van der Waals surface area contributed by atoms with E-state index in [0.717, 1.165) is 30.6 Å². The average Bonchev–Trinajstić information content (AvgIpc) is 2.58. The fourth-order valence-electron chi connectivity index (χ4n) is 3.13. The minimum absolute atomic E-state index is 0.0432. The second-order valence-electron chi connectivity index (χ2n) is 8.12. The van der Waals surface area contributed by atoms with Gasteiger partial charge in [0.1, 0.15) is 0 Å². The summed E-state index contributed by atoms with van der Waals surface area (Å²) >= 11 is 0. The van der Waals surface area contributed by atoms with Crippen molar-refractivity contribution in [3.05, 3.63) is 29.8 Å². The van der Waals surface area contributed by atoms with E-state index >= 15 is 0 Å². The van der Waals surface area contributed by atoms with Gasteiger partial charge in [-0.1, -0.05) is 32.9 Å². The predicted molar refractivity (Wildman–Crippen MR) is 101 cm³/mol. The summed E-state index contributed by atoms with van der Waals surface area (Å²) in [5.41, 5.74) is 1.80. The first-order chi connectivity index (χ1) is 11.7. The Hall–Kier alpha value is -2.04. The molecule has 1 aliphatic rings. The molecule has 0 bridgehead atoms. The second-order valence-corrected chi connectivity index (χ2v) is 8.12. The van der Waals surface area contributed by atoms with E-state index in [1.165, 1.54) is 0 Å². The number of anilines is 1. The molecular weight excluding hydrogens is 314 g/mol. The molecule has 2 rings (SSSR count). The standard InChI is InChI=1S/C20H31N3O2/c1-20(2,3)19(25)23-11-7-9-16(14-23)18(24)21-13-15-8-6-10-17(12-15)22(4)5/h6,8,10,12,16H,7,9,11,13-14H2,1-5H3,(H,21,24). The van der Waals surface area contributed by atoms with Gasteiger partial charge in [-0.3, -0.25) is 9.59 Å². The van der Waals surface area contributed by atoms with Crippen molar-refractivity contribution in [1.82, 2.24) is 10.2 Å². The zero-order valence-electron chi connectivity index (χ0n) is 16.1. The number of rotatable bonds is 4. The first-order valence-electron chi connectivity index (χ1n) is 9.02. The van der Waals surface area contributed by atoms with Crippen LogP contribution in [0.4, 0.5) is 5.69 Å². The molecule has 0 radical (unpaired) electrons. The van der Waals surface area contributed by atoms with Gasteiger partial charge in [-0.2, -0.15) is 0 Å². The van der Waals surface area contributed by atoms with E-state index in [2.05, 4.69) is 11.4 Å². The van der Waals surface area contributed by atoms with Crippen molar-refractivity contribution in [2.45, 2.75) is 40.2 Å². The van der Waals surface area contributed by atoms with Crippen molar-refractivity contribution in [3.8, 4) is 0 Å². The Bertz CT molecular complexity index is 620. The Morgan fingerprint density at radius 3 is 2.64 bits per heavy atom. The highest BCUT2D eigenvalue weighted by Gasteiger charge is 2.33. The van der Waals surface area contributed by atoms with Gasteiger partial charge in [0.25, 0.3) is 0 Å². The van der Waals surface area contributed by atoms with Gasteiger partial charge in [0, 0.05) is 44.8 Å². The van der Waals surface area contributed by atoms with E-state index in [1.807, 2.05) is 62.9 Å². The number of amides is 2. The smallest absolute Gasteiger partial charge is 0.227 e. The molecule has 1 aliphatic heterocycles. The molecule has 1 fully saturated rings. The number of benzene rings is 1. The lowest BCUT2D eigenvalue weighted by Gasteiger charge is -2.35. The van der Waals surface area contributed by atoms with Gasteiger partial charge in [0.15, 0.2) is 0 Å². The van der Waals surface area contributed by atoms with Crippen LogP contribution in [-0.4, -0.2) is 43.9 Å². The van der Waals surface area contributed by atoms with Gasteiger partial charge in [-0.05, 0) is 30.5 Å². The Kier molecular flexibility index (Phi) is 6.09. The summed E-state index contributed by atoms with van der Waals surface area (Å²) < 4.78 is 0. The highest BCUT2D eigenvalue weighted by atomic mass is 16.2. The second kappa shape index (κ2) is 7.89. The van der Waals surface area contributed by atoms with Crippen molar-refractivity contribution >= 4 is 17.5 Å². The number of nitrogens with zero attached hydrogens (tertiary/aromatic N) is 2. The predicted octanol–water partition coefficient (Wildman–Crippen LogP) is 2.65. The summed E-state index contributed by atoms with van der Waals surface area (Å²) in [6, 6.07) is 8.14. The first-order valence-corrected chi connectivity index (χ1v) is 9.02. The molecule has 0 aromatic heterocycles. The molecule has 1 N–H and O–H groups in total. The van der Waals surface area contributed by atoms with E-state index in [-0.39, 0.29) is 17.7 Å². The molecule has 0 saturated carbocycles. The molecule has 1 unspecified atom stereocenters. The van der Waals surface area contributed by atoms with E-state index < -0.39 is 5.41 Å². The maximum atomic E-state index is 12.5. The van der Waals surface area contributed by atoms with Crippen LogP contribution in [0.2, 0.25) is 0 Å². The van der Waals surface area contributed by atoms with E-state index in [0.29, 0.717) is 13.1 Å². The molecule has 2 amide bonds. The highest BCUT2D eigenvalue weighted by molar-refractivity contribution is 5.83. The summed E-state index contributed by atoms with van der Waals surface area (Å²) in [5, 5.41) is 3.04. The van der Waals surface area contributed by atoms with Crippen LogP contribution in [0.3, 0.4) is 0 Å². The van der Waals surface area contributed by atoms with Crippen LogP contribution in [0.15, 0.2) is 24.3 Å². The lowest BCUT2D eigenvalue weighted by atomic mass is 9.91. The Morgan fingerprint density at radius 2 is 2.00 bits per heavy atom. The SMILES string of the molecule is CN(C)c1cccc(CNC(=O)C2CCCN(C(=O)C(C)(C)C)C2)c1.